The minimum atomic E-state index is -0.108. The van der Waals surface area contributed by atoms with Crippen molar-refractivity contribution in [1.29, 1.82) is 0 Å². The van der Waals surface area contributed by atoms with Crippen LogP contribution >= 0.6 is 0 Å². The average molecular weight is 361 g/mol. The van der Waals surface area contributed by atoms with Crippen LogP contribution in [-0.2, 0) is 6.54 Å². The first kappa shape index (κ1) is 18.9. The molecule has 0 spiro atoms. The molecule has 1 aromatic heterocycles. The van der Waals surface area contributed by atoms with Gasteiger partial charge in [0.1, 0.15) is 5.82 Å². The van der Waals surface area contributed by atoms with Crippen molar-refractivity contribution < 1.29 is 0 Å². The standard InChI is InChI=1S/C23H28N4/c1-5-27(17-18-12-8-6-9-13-18)21-16-20(19-14-10-7-11-15-19)24-22(25-21)26-23(2,3)4/h6-16H,5,17H2,1-4H3,(H,24,25,26). The van der Waals surface area contributed by atoms with Crippen LogP contribution in [0.3, 0.4) is 0 Å². The number of nitrogens with one attached hydrogen (secondary N) is 1. The number of nitrogens with zero attached hydrogens (tertiary/aromatic N) is 3. The van der Waals surface area contributed by atoms with E-state index in [1.54, 1.807) is 0 Å². The van der Waals surface area contributed by atoms with Crippen LogP contribution in [0.2, 0.25) is 0 Å². The van der Waals surface area contributed by atoms with Gasteiger partial charge in [-0.15, -0.1) is 0 Å². The third kappa shape index (κ3) is 5.30. The van der Waals surface area contributed by atoms with E-state index in [2.05, 4.69) is 80.4 Å². The Balaban J connectivity index is 2.00. The highest BCUT2D eigenvalue weighted by Crippen LogP contribution is 2.25. The van der Waals surface area contributed by atoms with E-state index in [1.165, 1.54) is 5.56 Å². The monoisotopic (exact) mass is 360 g/mol. The predicted molar refractivity (Wildman–Crippen MR) is 114 cm³/mol. The van der Waals surface area contributed by atoms with Crippen LogP contribution in [0.4, 0.5) is 11.8 Å². The molecule has 0 aliphatic heterocycles. The van der Waals surface area contributed by atoms with Crippen molar-refractivity contribution in [3.8, 4) is 11.3 Å². The molecule has 3 aromatic rings. The first-order valence-electron chi connectivity index (χ1n) is 9.46. The molecule has 0 aliphatic carbocycles. The largest absolute Gasteiger partial charge is 0.352 e. The van der Waals surface area contributed by atoms with Gasteiger partial charge >= 0.3 is 0 Å². The van der Waals surface area contributed by atoms with E-state index in [-0.39, 0.29) is 5.54 Å². The molecule has 27 heavy (non-hydrogen) atoms. The van der Waals surface area contributed by atoms with Crippen LogP contribution in [-0.4, -0.2) is 22.1 Å². The number of benzene rings is 2. The van der Waals surface area contributed by atoms with E-state index in [0.29, 0.717) is 5.95 Å². The predicted octanol–water partition coefficient (Wildman–Crippen LogP) is 5.38. The van der Waals surface area contributed by atoms with Gasteiger partial charge in [-0.1, -0.05) is 60.7 Å². The zero-order valence-corrected chi connectivity index (χ0v) is 16.6. The fourth-order valence-corrected chi connectivity index (χ4v) is 2.90. The summed E-state index contributed by atoms with van der Waals surface area (Å²) in [6, 6.07) is 22.8. The van der Waals surface area contributed by atoms with Gasteiger partial charge in [0, 0.05) is 30.3 Å². The van der Waals surface area contributed by atoms with Crippen LogP contribution in [0.15, 0.2) is 66.7 Å². The van der Waals surface area contributed by atoms with E-state index < -0.39 is 0 Å². The van der Waals surface area contributed by atoms with Gasteiger partial charge < -0.3 is 10.2 Å². The van der Waals surface area contributed by atoms with Gasteiger partial charge in [0.15, 0.2) is 0 Å². The highest BCUT2D eigenvalue weighted by atomic mass is 15.2. The Morgan fingerprint density at radius 1 is 0.889 bits per heavy atom. The van der Waals surface area contributed by atoms with Crippen LogP contribution in [0, 0.1) is 0 Å². The Bertz CT molecular complexity index is 855. The lowest BCUT2D eigenvalue weighted by atomic mass is 10.1. The van der Waals surface area contributed by atoms with Crippen molar-refractivity contribution >= 4 is 11.8 Å². The minimum absolute atomic E-state index is 0.108. The molecule has 4 nitrogen and oxygen atoms in total. The van der Waals surface area contributed by atoms with Crippen LogP contribution in [0.25, 0.3) is 11.3 Å². The molecule has 0 bridgehead atoms. The van der Waals surface area contributed by atoms with Gasteiger partial charge in [0.05, 0.1) is 5.69 Å². The third-order valence-corrected chi connectivity index (χ3v) is 4.19. The van der Waals surface area contributed by atoms with Gasteiger partial charge in [0.2, 0.25) is 5.95 Å². The van der Waals surface area contributed by atoms with Gasteiger partial charge in [-0.05, 0) is 33.3 Å². The maximum absolute atomic E-state index is 4.82. The Morgan fingerprint density at radius 3 is 2.11 bits per heavy atom. The van der Waals surface area contributed by atoms with Gasteiger partial charge in [-0.3, -0.25) is 0 Å². The summed E-state index contributed by atoms with van der Waals surface area (Å²) in [4.78, 5) is 11.9. The average Bonchev–Trinajstić information content (AvgIpc) is 2.66. The van der Waals surface area contributed by atoms with E-state index in [9.17, 15) is 0 Å². The number of hydrogen-bond acceptors (Lipinski definition) is 4. The molecule has 4 heteroatoms. The number of rotatable bonds is 6. The molecule has 0 unspecified atom stereocenters. The number of aromatic nitrogens is 2. The fourth-order valence-electron chi connectivity index (χ4n) is 2.90. The summed E-state index contributed by atoms with van der Waals surface area (Å²) in [6.45, 7) is 10.2. The molecule has 0 fully saturated rings. The SMILES string of the molecule is CCN(Cc1ccccc1)c1cc(-c2ccccc2)nc(NC(C)(C)C)n1. The van der Waals surface area contributed by atoms with Gasteiger partial charge in [0.25, 0.3) is 0 Å². The lowest BCUT2D eigenvalue weighted by molar-refractivity contribution is 0.625. The molecule has 3 rings (SSSR count). The lowest BCUT2D eigenvalue weighted by Gasteiger charge is -2.25. The number of anilines is 2. The topological polar surface area (TPSA) is 41.1 Å². The molecule has 1 heterocycles. The fraction of sp³-hybridized carbons (Fsp3) is 0.304. The summed E-state index contributed by atoms with van der Waals surface area (Å²) in [5.41, 5.74) is 3.18. The molecule has 0 saturated heterocycles. The van der Waals surface area contributed by atoms with Gasteiger partial charge in [-0.2, -0.15) is 4.98 Å². The summed E-state index contributed by atoms with van der Waals surface area (Å²) in [5.74, 6) is 1.59. The Hall–Kier alpha value is -2.88. The minimum Gasteiger partial charge on any atom is -0.352 e. The zero-order chi connectivity index (χ0) is 19.3. The summed E-state index contributed by atoms with van der Waals surface area (Å²) in [6.07, 6.45) is 0. The second-order valence-corrected chi connectivity index (χ2v) is 7.68. The highest BCUT2D eigenvalue weighted by molar-refractivity contribution is 5.65. The van der Waals surface area contributed by atoms with Crippen molar-refractivity contribution in [2.24, 2.45) is 0 Å². The second-order valence-electron chi connectivity index (χ2n) is 7.68. The molecule has 0 aliphatic rings. The van der Waals surface area contributed by atoms with Crippen LogP contribution < -0.4 is 10.2 Å². The van der Waals surface area contributed by atoms with Crippen molar-refractivity contribution in [2.75, 3.05) is 16.8 Å². The molecular formula is C23H28N4. The molecule has 2 aromatic carbocycles. The third-order valence-electron chi connectivity index (χ3n) is 4.19. The summed E-state index contributed by atoms with van der Waals surface area (Å²) in [7, 11) is 0. The quantitative estimate of drug-likeness (QED) is 0.641. The van der Waals surface area contributed by atoms with Crippen LogP contribution in [0.5, 0.6) is 0 Å². The van der Waals surface area contributed by atoms with Crippen molar-refractivity contribution in [1.82, 2.24) is 9.97 Å². The van der Waals surface area contributed by atoms with Crippen LogP contribution in [0.1, 0.15) is 33.3 Å². The van der Waals surface area contributed by atoms with E-state index in [0.717, 1.165) is 30.2 Å². The lowest BCUT2D eigenvalue weighted by Crippen LogP contribution is -2.29. The highest BCUT2D eigenvalue weighted by Gasteiger charge is 2.16. The Morgan fingerprint density at radius 2 is 1.52 bits per heavy atom. The van der Waals surface area contributed by atoms with Crippen molar-refractivity contribution in [2.45, 2.75) is 39.8 Å². The van der Waals surface area contributed by atoms with Crippen molar-refractivity contribution in [3.05, 3.63) is 72.3 Å². The molecule has 0 saturated carbocycles. The molecule has 0 amide bonds. The Kier molecular flexibility index (Phi) is 5.75. The second kappa shape index (κ2) is 8.21. The van der Waals surface area contributed by atoms with E-state index in [4.69, 9.17) is 9.97 Å². The van der Waals surface area contributed by atoms with E-state index in [1.807, 2.05) is 24.3 Å². The maximum atomic E-state index is 4.82. The molecule has 1 N–H and O–H groups in total. The molecule has 140 valence electrons. The summed E-state index contributed by atoms with van der Waals surface area (Å²) >= 11 is 0. The Labute approximate surface area is 162 Å². The van der Waals surface area contributed by atoms with Crippen molar-refractivity contribution in [3.63, 3.8) is 0 Å². The normalized spacial score (nSPS) is 11.3. The van der Waals surface area contributed by atoms with E-state index >= 15 is 0 Å². The maximum Gasteiger partial charge on any atom is 0.225 e. The summed E-state index contributed by atoms with van der Waals surface area (Å²) < 4.78 is 0. The first-order valence-corrected chi connectivity index (χ1v) is 9.46. The van der Waals surface area contributed by atoms with Gasteiger partial charge in [-0.25, -0.2) is 4.98 Å². The number of hydrogen-bond donors (Lipinski definition) is 1. The molecular weight excluding hydrogens is 332 g/mol. The zero-order valence-electron chi connectivity index (χ0n) is 16.6. The smallest absolute Gasteiger partial charge is 0.225 e. The molecule has 0 atom stereocenters. The first-order chi connectivity index (χ1) is 12.9. The molecule has 0 radical (unpaired) electrons. The summed E-state index contributed by atoms with van der Waals surface area (Å²) in [5, 5.41) is 3.43.